The molecule has 1 aromatic heterocycles. The average molecular weight is 329 g/mol. The number of nitrogens with one attached hydrogen (secondary N) is 2. The van der Waals surface area contributed by atoms with Crippen molar-refractivity contribution in [3.05, 3.63) is 26.9 Å². The third kappa shape index (κ3) is 4.14. The SMILES string of the molecule is O=[N+]([O-])c1cnc(NCCC2CCCNC2)c(Br)c1. The highest BCUT2D eigenvalue weighted by Crippen LogP contribution is 2.24. The fourth-order valence-electron chi connectivity index (χ4n) is 2.22. The quantitative estimate of drug-likeness (QED) is 0.641. The molecular weight excluding hydrogens is 312 g/mol. The summed E-state index contributed by atoms with van der Waals surface area (Å²) in [6.07, 6.45) is 4.86. The number of aromatic nitrogens is 1. The monoisotopic (exact) mass is 328 g/mol. The predicted molar refractivity (Wildman–Crippen MR) is 77.3 cm³/mol. The fraction of sp³-hybridized carbons (Fsp3) is 0.583. The molecule has 1 aliphatic rings. The van der Waals surface area contributed by atoms with E-state index in [1.54, 1.807) is 0 Å². The maximum absolute atomic E-state index is 10.6. The van der Waals surface area contributed by atoms with Crippen molar-refractivity contribution in [3.63, 3.8) is 0 Å². The summed E-state index contributed by atoms with van der Waals surface area (Å²) in [7, 11) is 0. The van der Waals surface area contributed by atoms with Gasteiger partial charge < -0.3 is 10.6 Å². The highest BCUT2D eigenvalue weighted by Gasteiger charge is 2.13. The Kier molecular flexibility index (Phi) is 5.09. The molecule has 2 rings (SSSR count). The number of halogens is 1. The molecule has 0 aromatic carbocycles. The van der Waals surface area contributed by atoms with Crippen molar-refractivity contribution in [3.8, 4) is 0 Å². The largest absolute Gasteiger partial charge is 0.369 e. The zero-order chi connectivity index (χ0) is 13.7. The summed E-state index contributed by atoms with van der Waals surface area (Å²) in [5.74, 6) is 1.37. The minimum Gasteiger partial charge on any atom is -0.369 e. The summed E-state index contributed by atoms with van der Waals surface area (Å²) in [5, 5.41) is 17.2. The van der Waals surface area contributed by atoms with Gasteiger partial charge in [-0.3, -0.25) is 10.1 Å². The van der Waals surface area contributed by atoms with Crippen LogP contribution in [0.2, 0.25) is 0 Å². The second-order valence-corrected chi connectivity index (χ2v) is 5.56. The number of nitrogens with zero attached hydrogens (tertiary/aromatic N) is 2. The van der Waals surface area contributed by atoms with Crippen LogP contribution in [-0.2, 0) is 0 Å². The van der Waals surface area contributed by atoms with Crippen molar-refractivity contribution in [1.82, 2.24) is 10.3 Å². The first-order valence-electron chi connectivity index (χ1n) is 6.41. The molecule has 0 aliphatic carbocycles. The normalized spacial score (nSPS) is 19.1. The maximum Gasteiger partial charge on any atom is 0.288 e. The van der Waals surface area contributed by atoms with Crippen molar-refractivity contribution in [1.29, 1.82) is 0 Å². The van der Waals surface area contributed by atoms with Gasteiger partial charge in [-0.25, -0.2) is 4.98 Å². The summed E-state index contributed by atoms with van der Waals surface area (Å²) >= 11 is 3.30. The number of hydrogen-bond acceptors (Lipinski definition) is 5. The van der Waals surface area contributed by atoms with E-state index in [4.69, 9.17) is 0 Å². The van der Waals surface area contributed by atoms with E-state index < -0.39 is 4.92 Å². The van der Waals surface area contributed by atoms with Crippen LogP contribution < -0.4 is 10.6 Å². The summed E-state index contributed by atoms with van der Waals surface area (Å²) in [5.41, 5.74) is -0.00564. The molecule has 1 saturated heterocycles. The van der Waals surface area contributed by atoms with Crippen molar-refractivity contribution >= 4 is 27.4 Å². The maximum atomic E-state index is 10.6. The molecule has 2 heterocycles. The van der Waals surface area contributed by atoms with Gasteiger partial charge in [0.15, 0.2) is 0 Å². The number of pyridine rings is 1. The molecule has 1 fully saturated rings. The smallest absolute Gasteiger partial charge is 0.288 e. The molecule has 0 amide bonds. The molecule has 104 valence electrons. The van der Waals surface area contributed by atoms with Gasteiger partial charge in [0.25, 0.3) is 5.69 Å². The van der Waals surface area contributed by atoms with E-state index in [0.717, 1.165) is 26.1 Å². The Morgan fingerprint density at radius 3 is 3.11 bits per heavy atom. The number of piperidine rings is 1. The first-order chi connectivity index (χ1) is 9.16. The van der Waals surface area contributed by atoms with Gasteiger partial charge in [-0.1, -0.05) is 0 Å². The number of hydrogen-bond donors (Lipinski definition) is 2. The van der Waals surface area contributed by atoms with E-state index in [1.807, 2.05) is 0 Å². The minimum absolute atomic E-state index is 0.00564. The molecule has 1 atom stereocenters. The van der Waals surface area contributed by atoms with E-state index in [2.05, 4.69) is 31.5 Å². The first-order valence-corrected chi connectivity index (χ1v) is 7.20. The number of rotatable bonds is 5. The van der Waals surface area contributed by atoms with Crippen molar-refractivity contribution in [2.45, 2.75) is 19.3 Å². The molecule has 1 unspecified atom stereocenters. The van der Waals surface area contributed by atoms with Crippen LogP contribution >= 0.6 is 15.9 Å². The van der Waals surface area contributed by atoms with Crippen LogP contribution in [0, 0.1) is 16.0 Å². The Morgan fingerprint density at radius 2 is 2.47 bits per heavy atom. The van der Waals surface area contributed by atoms with E-state index in [0.29, 0.717) is 16.2 Å². The molecule has 7 heteroatoms. The zero-order valence-corrected chi connectivity index (χ0v) is 12.1. The lowest BCUT2D eigenvalue weighted by molar-refractivity contribution is -0.385. The van der Waals surface area contributed by atoms with Gasteiger partial charge in [0, 0.05) is 12.6 Å². The molecule has 0 saturated carbocycles. The van der Waals surface area contributed by atoms with Crippen molar-refractivity contribution in [2.24, 2.45) is 5.92 Å². The predicted octanol–water partition coefficient (Wildman–Crippen LogP) is 2.55. The topological polar surface area (TPSA) is 80.1 Å². The van der Waals surface area contributed by atoms with Crippen molar-refractivity contribution < 1.29 is 4.92 Å². The van der Waals surface area contributed by atoms with Gasteiger partial charge in [0.1, 0.15) is 12.0 Å². The standard InChI is InChI=1S/C12H17BrN4O2/c13-11-6-10(17(18)19)8-16-12(11)15-5-3-9-2-1-4-14-7-9/h6,8-9,14H,1-5,7H2,(H,15,16). The van der Waals surface area contributed by atoms with Gasteiger partial charge in [-0.2, -0.15) is 0 Å². The van der Waals surface area contributed by atoms with E-state index in [1.165, 1.54) is 25.1 Å². The summed E-state index contributed by atoms with van der Waals surface area (Å²) in [6.45, 7) is 3.03. The van der Waals surface area contributed by atoms with E-state index in [-0.39, 0.29) is 5.69 Å². The Balaban J connectivity index is 1.83. The lowest BCUT2D eigenvalue weighted by Gasteiger charge is -2.22. The molecular formula is C12H17BrN4O2. The van der Waals surface area contributed by atoms with Crippen LogP contribution in [0.15, 0.2) is 16.7 Å². The van der Waals surface area contributed by atoms with Gasteiger partial charge in [0.2, 0.25) is 0 Å². The Labute approximate surface area is 120 Å². The zero-order valence-electron chi connectivity index (χ0n) is 10.6. The lowest BCUT2D eigenvalue weighted by Crippen LogP contribution is -2.30. The Bertz CT molecular complexity index is 449. The minimum atomic E-state index is -0.449. The summed E-state index contributed by atoms with van der Waals surface area (Å²) in [6, 6.07) is 1.47. The molecule has 0 radical (unpaired) electrons. The second kappa shape index (κ2) is 6.81. The number of nitro groups is 1. The number of anilines is 1. The third-order valence-electron chi connectivity index (χ3n) is 3.28. The fourth-order valence-corrected chi connectivity index (χ4v) is 2.70. The molecule has 1 aromatic rings. The second-order valence-electron chi connectivity index (χ2n) is 4.71. The van der Waals surface area contributed by atoms with Crippen molar-refractivity contribution in [2.75, 3.05) is 25.0 Å². The van der Waals surface area contributed by atoms with Crippen LogP contribution in [0.25, 0.3) is 0 Å². The molecule has 6 nitrogen and oxygen atoms in total. The average Bonchev–Trinajstić information content (AvgIpc) is 2.41. The van der Waals surface area contributed by atoms with Crippen LogP contribution in [0.4, 0.5) is 11.5 Å². The highest BCUT2D eigenvalue weighted by atomic mass is 79.9. The van der Waals surface area contributed by atoms with Gasteiger partial charge in [-0.15, -0.1) is 0 Å². The molecule has 19 heavy (non-hydrogen) atoms. The molecule has 1 aliphatic heterocycles. The van der Waals surface area contributed by atoms with Crippen LogP contribution in [0.1, 0.15) is 19.3 Å². The third-order valence-corrected chi connectivity index (χ3v) is 3.89. The van der Waals surface area contributed by atoms with Crippen LogP contribution in [0.5, 0.6) is 0 Å². The van der Waals surface area contributed by atoms with E-state index in [9.17, 15) is 10.1 Å². The first kappa shape index (κ1) is 14.2. The highest BCUT2D eigenvalue weighted by molar-refractivity contribution is 9.10. The summed E-state index contributed by atoms with van der Waals surface area (Å²) in [4.78, 5) is 14.2. The molecule has 0 spiro atoms. The molecule has 2 N–H and O–H groups in total. The van der Waals surface area contributed by atoms with E-state index >= 15 is 0 Å². The van der Waals surface area contributed by atoms with Crippen LogP contribution in [-0.4, -0.2) is 29.5 Å². The van der Waals surface area contributed by atoms with Gasteiger partial charge in [0.05, 0.1) is 9.40 Å². The Hall–Kier alpha value is -1.21. The Morgan fingerprint density at radius 1 is 1.63 bits per heavy atom. The molecule has 0 bridgehead atoms. The van der Waals surface area contributed by atoms with Gasteiger partial charge >= 0.3 is 0 Å². The lowest BCUT2D eigenvalue weighted by atomic mass is 9.96. The van der Waals surface area contributed by atoms with Gasteiger partial charge in [-0.05, 0) is 54.2 Å². The van der Waals surface area contributed by atoms with Crippen LogP contribution in [0.3, 0.4) is 0 Å². The summed E-state index contributed by atoms with van der Waals surface area (Å²) < 4.78 is 0.628.